The standard InChI is InChI=1S/C50H33N3S/c1-50(2)41-15-9-8-14-39(41)40-24-20-36(28-42(40)50)44-29-43(35-19-16-30-10-6-7-13-33(30)26-35)51-48(52-44)37-21-23-38-34(27-37)18-17-31-22-25-45-47(46(31)38)53-49(54-45)32-11-4-3-5-12-32/h3-29H,1-2H3. The first-order valence-electron chi connectivity index (χ1n) is 18.4. The highest BCUT2D eigenvalue weighted by molar-refractivity contribution is 7.21. The minimum Gasteiger partial charge on any atom is -0.235 e. The van der Waals surface area contributed by atoms with E-state index in [2.05, 4.69) is 172 Å². The summed E-state index contributed by atoms with van der Waals surface area (Å²) >= 11 is 1.75. The minimum atomic E-state index is -0.106. The average molecular weight is 708 g/mol. The lowest BCUT2D eigenvalue weighted by Crippen LogP contribution is -2.14. The van der Waals surface area contributed by atoms with E-state index in [0.717, 1.165) is 49.6 Å². The van der Waals surface area contributed by atoms with E-state index < -0.39 is 0 Å². The molecule has 0 saturated heterocycles. The Kier molecular flexibility index (Phi) is 6.77. The maximum Gasteiger partial charge on any atom is 0.160 e. The Hall–Kier alpha value is -6.49. The zero-order chi connectivity index (χ0) is 36.0. The lowest BCUT2D eigenvalue weighted by atomic mass is 9.82. The van der Waals surface area contributed by atoms with Crippen molar-refractivity contribution < 1.29 is 0 Å². The molecule has 0 aliphatic heterocycles. The quantitative estimate of drug-likeness (QED) is 0.171. The minimum absolute atomic E-state index is 0.106. The van der Waals surface area contributed by atoms with E-state index in [1.165, 1.54) is 53.9 Å². The normalized spacial score (nSPS) is 13.1. The maximum absolute atomic E-state index is 5.32. The first kappa shape index (κ1) is 31.1. The number of rotatable bonds is 4. The monoisotopic (exact) mass is 707 g/mol. The van der Waals surface area contributed by atoms with Crippen molar-refractivity contribution in [3.8, 4) is 55.6 Å². The topological polar surface area (TPSA) is 38.7 Å². The summed E-state index contributed by atoms with van der Waals surface area (Å²) in [5.41, 5.74) is 12.4. The fraction of sp³-hybridized carbons (Fsp3) is 0.0600. The van der Waals surface area contributed by atoms with Crippen molar-refractivity contribution in [2.45, 2.75) is 19.3 Å². The molecule has 3 nitrogen and oxygen atoms in total. The van der Waals surface area contributed by atoms with E-state index in [9.17, 15) is 0 Å². The van der Waals surface area contributed by atoms with Gasteiger partial charge < -0.3 is 0 Å². The van der Waals surface area contributed by atoms with Crippen LogP contribution >= 0.6 is 11.3 Å². The second-order valence-electron chi connectivity index (χ2n) is 14.9. The van der Waals surface area contributed by atoms with Crippen molar-refractivity contribution in [3.63, 3.8) is 0 Å². The average Bonchev–Trinajstić information content (AvgIpc) is 3.77. The molecule has 54 heavy (non-hydrogen) atoms. The molecule has 10 aromatic rings. The van der Waals surface area contributed by atoms with Gasteiger partial charge in [-0.15, -0.1) is 11.3 Å². The third-order valence-electron chi connectivity index (χ3n) is 11.3. The summed E-state index contributed by atoms with van der Waals surface area (Å²) in [6.07, 6.45) is 0. The molecule has 0 N–H and O–H groups in total. The summed E-state index contributed by atoms with van der Waals surface area (Å²) in [7, 11) is 0. The van der Waals surface area contributed by atoms with Crippen LogP contribution in [0.4, 0.5) is 0 Å². The second-order valence-corrected chi connectivity index (χ2v) is 15.9. The van der Waals surface area contributed by atoms with Gasteiger partial charge in [0.1, 0.15) is 5.01 Å². The number of nitrogens with zero attached hydrogens (tertiary/aromatic N) is 3. The molecule has 0 spiro atoms. The molecule has 0 saturated carbocycles. The van der Waals surface area contributed by atoms with Crippen molar-refractivity contribution in [2.75, 3.05) is 0 Å². The Morgan fingerprint density at radius 1 is 0.444 bits per heavy atom. The smallest absolute Gasteiger partial charge is 0.160 e. The maximum atomic E-state index is 5.32. The van der Waals surface area contributed by atoms with Crippen LogP contribution in [-0.2, 0) is 5.41 Å². The van der Waals surface area contributed by atoms with Gasteiger partial charge in [0.25, 0.3) is 0 Å². The Labute approximate surface area is 317 Å². The van der Waals surface area contributed by atoms with Crippen LogP contribution in [0.15, 0.2) is 164 Å². The van der Waals surface area contributed by atoms with Crippen LogP contribution < -0.4 is 0 Å². The molecule has 1 aliphatic carbocycles. The van der Waals surface area contributed by atoms with Crippen LogP contribution in [0.1, 0.15) is 25.0 Å². The van der Waals surface area contributed by atoms with Crippen LogP contribution in [0, 0.1) is 0 Å². The van der Waals surface area contributed by atoms with Gasteiger partial charge in [-0.3, -0.25) is 0 Å². The van der Waals surface area contributed by atoms with Crippen LogP contribution in [0.3, 0.4) is 0 Å². The molecule has 0 unspecified atom stereocenters. The predicted molar refractivity (Wildman–Crippen MR) is 227 cm³/mol. The molecule has 4 heteroatoms. The number of benzene rings is 8. The molecule has 0 fully saturated rings. The number of hydrogen-bond donors (Lipinski definition) is 0. The zero-order valence-electron chi connectivity index (χ0n) is 29.8. The Balaban J connectivity index is 1.09. The highest BCUT2D eigenvalue weighted by Crippen LogP contribution is 2.49. The lowest BCUT2D eigenvalue weighted by molar-refractivity contribution is 0.660. The third kappa shape index (κ3) is 4.84. The highest BCUT2D eigenvalue weighted by atomic mass is 32.1. The van der Waals surface area contributed by atoms with Gasteiger partial charge in [-0.05, 0) is 79.5 Å². The highest BCUT2D eigenvalue weighted by Gasteiger charge is 2.35. The van der Waals surface area contributed by atoms with Crippen LogP contribution in [0.2, 0.25) is 0 Å². The van der Waals surface area contributed by atoms with Gasteiger partial charge in [-0.25, -0.2) is 15.0 Å². The molecule has 8 aromatic carbocycles. The summed E-state index contributed by atoms with van der Waals surface area (Å²) < 4.78 is 1.19. The van der Waals surface area contributed by atoms with E-state index in [0.29, 0.717) is 5.82 Å². The molecule has 0 atom stereocenters. The molecule has 11 rings (SSSR count). The first-order chi connectivity index (χ1) is 26.5. The van der Waals surface area contributed by atoms with Gasteiger partial charge in [0.2, 0.25) is 0 Å². The molecule has 0 bridgehead atoms. The fourth-order valence-electron chi connectivity index (χ4n) is 8.47. The molecule has 1 aliphatic rings. The summed E-state index contributed by atoms with van der Waals surface area (Å²) in [5.74, 6) is 0.707. The van der Waals surface area contributed by atoms with E-state index in [-0.39, 0.29) is 5.41 Å². The second kappa shape index (κ2) is 11.8. The van der Waals surface area contributed by atoms with Gasteiger partial charge in [0.05, 0.1) is 21.6 Å². The largest absolute Gasteiger partial charge is 0.235 e. The van der Waals surface area contributed by atoms with Gasteiger partial charge in [-0.2, -0.15) is 0 Å². The molecular formula is C50H33N3S. The van der Waals surface area contributed by atoms with Crippen molar-refractivity contribution in [2.24, 2.45) is 0 Å². The van der Waals surface area contributed by atoms with E-state index in [4.69, 9.17) is 15.0 Å². The van der Waals surface area contributed by atoms with Gasteiger partial charge in [0.15, 0.2) is 5.82 Å². The van der Waals surface area contributed by atoms with Gasteiger partial charge in [-0.1, -0.05) is 147 Å². The Morgan fingerprint density at radius 2 is 1.09 bits per heavy atom. The molecule has 254 valence electrons. The predicted octanol–water partition coefficient (Wildman–Crippen LogP) is 13.5. The fourth-order valence-corrected chi connectivity index (χ4v) is 9.45. The van der Waals surface area contributed by atoms with Crippen LogP contribution in [-0.4, -0.2) is 15.0 Å². The van der Waals surface area contributed by atoms with Gasteiger partial charge >= 0.3 is 0 Å². The number of aromatic nitrogens is 3. The van der Waals surface area contributed by atoms with Crippen molar-refractivity contribution in [1.29, 1.82) is 0 Å². The SMILES string of the molecule is CC1(C)c2ccccc2-c2ccc(-c3cc(-c4ccc5ccccc5c4)nc(-c4ccc5c(ccc6ccc7sc(-c8ccccc8)nc7c65)c4)n3)cc21. The molecule has 2 heterocycles. The van der Waals surface area contributed by atoms with Gasteiger partial charge in [0, 0.05) is 33.1 Å². The Morgan fingerprint density at radius 3 is 1.96 bits per heavy atom. The number of thiazole rings is 1. The number of fused-ring (bicyclic) bond motifs is 9. The summed E-state index contributed by atoms with van der Waals surface area (Å²) in [5, 5.41) is 8.13. The lowest BCUT2D eigenvalue weighted by Gasteiger charge is -2.22. The van der Waals surface area contributed by atoms with E-state index in [1.54, 1.807) is 11.3 Å². The van der Waals surface area contributed by atoms with Crippen molar-refractivity contribution in [1.82, 2.24) is 15.0 Å². The summed E-state index contributed by atoms with van der Waals surface area (Å²) in [4.78, 5) is 15.8. The van der Waals surface area contributed by atoms with Crippen LogP contribution in [0.25, 0.3) is 98.1 Å². The number of hydrogen-bond acceptors (Lipinski definition) is 4. The van der Waals surface area contributed by atoms with Crippen molar-refractivity contribution in [3.05, 3.63) is 175 Å². The third-order valence-corrected chi connectivity index (χ3v) is 12.4. The van der Waals surface area contributed by atoms with E-state index in [1.807, 2.05) is 6.07 Å². The molecule has 2 aromatic heterocycles. The molecule has 0 radical (unpaired) electrons. The molecular weight excluding hydrogens is 675 g/mol. The van der Waals surface area contributed by atoms with Crippen LogP contribution in [0.5, 0.6) is 0 Å². The first-order valence-corrected chi connectivity index (χ1v) is 19.2. The molecule has 0 amide bonds. The zero-order valence-corrected chi connectivity index (χ0v) is 30.7. The van der Waals surface area contributed by atoms with Crippen molar-refractivity contribution >= 4 is 53.9 Å². The Bertz CT molecular complexity index is 3140. The summed E-state index contributed by atoms with van der Waals surface area (Å²) in [6, 6.07) is 58.8. The van der Waals surface area contributed by atoms with E-state index >= 15 is 0 Å². The summed E-state index contributed by atoms with van der Waals surface area (Å²) in [6.45, 7) is 4.65.